The van der Waals surface area contributed by atoms with Gasteiger partial charge in [-0.1, -0.05) is 29.3 Å². The van der Waals surface area contributed by atoms with Gasteiger partial charge in [-0.3, -0.25) is 0 Å². The van der Waals surface area contributed by atoms with Crippen molar-refractivity contribution in [3.63, 3.8) is 0 Å². The fourth-order valence-electron chi connectivity index (χ4n) is 1.55. The topological polar surface area (TPSA) is 26.0 Å². The highest BCUT2D eigenvalue weighted by Crippen LogP contribution is 2.20. The van der Waals surface area contributed by atoms with Gasteiger partial charge in [-0.05, 0) is 19.4 Å². The first-order chi connectivity index (χ1) is 6.49. The number of nitrogens with two attached hydrogens (primary N) is 1. The van der Waals surface area contributed by atoms with Crippen molar-refractivity contribution < 1.29 is 8.78 Å². The van der Waals surface area contributed by atoms with Gasteiger partial charge in [0.15, 0.2) is 0 Å². The Labute approximate surface area is 95.1 Å². The van der Waals surface area contributed by atoms with Crippen LogP contribution < -0.4 is 5.73 Å². The van der Waals surface area contributed by atoms with Crippen LogP contribution in [0.2, 0.25) is 0 Å². The van der Waals surface area contributed by atoms with Crippen molar-refractivity contribution in [3.8, 4) is 0 Å². The second-order valence-electron chi connectivity index (χ2n) is 3.65. The van der Waals surface area contributed by atoms with Crippen molar-refractivity contribution in [3.05, 3.63) is 34.9 Å². The average molecular weight is 236 g/mol. The monoisotopic (exact) mass is 235 g/mol. The molecule has 0 aliphatic rings. The van der Waals surface area contributed by atoms with Crippen LogP contribution in [0, 0.1) is 13.8 Å². The standard InChI is InChI=1S/C11H15F2N.ClH/c1-7-3-8(2)5-9(4-7)10(14)6-11(12)13;/h3-5,10-11H,6,14H2,1-2H3;1H/t10-;/m0./s1. The first kappa shape index (κ1) is 14.3. The molecule has 1 aromatic rings. The summed E-state index contributed by atoms with van der Waals surface area (Å²) in [6.45, 7) is 3.87. The van der Waals surface area contributed by atoms with Crippen LogP contribution in [0.1, 0.15) is 29.2 Å². The van der Waals surface area contributed by atoms with Gasteiger partial charge in [0.25, 0.3) is 0 Å². The molecule has 0 bridgehead atoms. The third kappa shape index (κ3) is 4.58. The van der Waals surface area contributed by atoms with E-state index >= 15 is 0 Å². The highest BCUT2D eigenvalue weighted by molar-refractivity contribution is 5.85. The summed E-state index contributed by atoms with van der Waals surface area (Å²) in [4.78, 5) is 0. The normalized spacial score (nSPS) is 12.4. The smallest absolute Gasteiger partial charge is 0.240 e. The van der Waals surface area contributed by atoms with Crippen LogP contribution in [-0.2, 0) is 0 Å². The lowest BCUT2D eigenvalue weighted by Gasteiger charge is -2.12. The van der Waals surface area contributed by atoms with Crippen molar-refractivity contribution in [1.29, 1.82) is 0 Å². The Morgan fingerprint density at radius 3 is 2.00 bits per heavy atom. The molecule has 15 heavy (non-hydrogen) atoms. The molecule has 0 amide bonds. The number of hydrogen-bond donors (Lipinski definition) is 1. The van der Waals surface area contributed by atoms with Crippen molar-refractivity contribution in [2.24, 2.45) is 5.73 Å². The molecule has 0 spiro atoms. The summed E-state index contributed by atoms with van der Waals surface area (Å²) in [6.07, 6.45) is -2.62. The molecular weight excluding hydrogens is 220 g/mol. The molecule has 1 rings (SSSR count). The van der Waals surface area contributed by atoms with Gasteiger partial charge in [0.05, 0.1) is 0 Å². The Morgan fingerprint density at radius 1 is 1.13 bits per heavy atom. The lowest BCUT2D eigenvalue weighted by Crippen LogP contribution is -2.14. The van der Waals surface area contributed by atoms with Gasteiger partial charge in [-0.15, -0.1) is 12.4 Å². The number of halogens is 3. The molecule has 0 aliphatic heterocycles. The molecule has 0 fully saturated rings. The van der Waals surface area contributed by atoms with E-state index in [0.717, 1.165) is 16.7 Å². The summed E-state index contributed by atoms with van der Waals surface area (Å²) in [6, 6.07) is 5.16. The molecular formula is C11H16ClF2N. The fraction of sp³-hybridized carbons (Fsp3) is 0.455. The second kappa shape index (κ2) is 6.03. The Balaban J connectivity index is 0.00000196. The van der Waals surface area contributed by atoms with Gasteiger partial charge in [0.1, 0.15) is 0 Å². The van der Waals surface area contributed by atoms with Gasteiger partial charge in [-0.2, -0.15) is 0 Å². The van der Waals surface area contributed by atoms with E-state index in [1.165, 1.54) is 0 Å². The summed E-state index contributed by atoms with van der Waals surface area (Å²) < 4.78 is 24.2. The van der Waals surface area contributed by atoms with Crippen LogP contribution in [0.25, 0.3) is 0 Å². The lowest BCUT2D eigenvalue weighted by molar-refractivity contribution is 0.128. The van der Waals surface area contributed by atoms with Crippen molar-refractivity contribution in [2.75, 3.05) is 0 Å². The SMILES string of the molecule is Cc1cc(C)cc([C@@H](N)CC(F)F)c1.Cl. The van der Waals surface area contributed by atoms with Gasteiger partial charge in [0.2, 0.25) is 6.43 Å². The Hall–Kier alpha value is -0.670. The number of rotatable bonds is 3. The molecule has 2 N–H and O–H groups in total. The first-order valence-electron chi connectivity index (χ1n) is 4.61. The Morgan fingerprint density at radius 2 is 1.60 bits per heavy atom. The number of alkyl halides is 2. The zero-order valence-electron chi connectivity index (χ0n) is 8.84. The molecule has 0 aromatic heterocycles. The van der Waals surface area contributed by atoms with Crippen LogP contribution in [0.4, 0.5) is 8.78 Å². The van der Waals surface area contributed by atoms with Crippen LogP contribution in [0.5, 0.6) is 0 Å². The summed E-state index contributed by atoms with van der Waals surface area (Å²) >= 11 is 0. The van der Waals surface area contributed by atoms with Gasteiger partial charge in [-0.25, -0.2) is 8.78 Å². The van der Waals surface area contributed by atoms with Crippen LogP contribution >= 0.6 is 12.4 Å². The molecule has 0 radical (unpaired) electrons. The highest BCUT2D eigenvalue weighted by Gasteiger charge is 2.13. The third-order valence-electron chi connectivity index (χ3n) is 2.10. The fourth-order valence-corrected chi connectivity index (χ4v) is 1.55. The predicted molar refractivity (Wildman–Crippen MR) is 60.7 cm³/mol. The number of hydrogen-bond acceptors (Lipinski definition) is 1. The third-order valence-corrected chi connectivity index (χ3v) is 2.10. The van der Waals surface area contributed by atoms with Gasteiger partial charge in [0, 0.05) is 12.5 Å². The molecule has 0 heterocycles. The summed E-state index contributed by atoms with van der Waals surface area (Å²) in [5.41, 5.74) is 8.57. The second-order valence-corrected chi connectivity index (χ2v) is 3.65. The molecule has 1 nitrogen and oxygen atoms in total. The minimum atomic E-state index is -2.34. The molecule has 1 atom stereocenters. The van der Waals surface area contributed by atoms with E-state index in [1.807, 2.05) is 32.0 Å². The molecule has 0 unspecified atom stereocenters. The minimum absolute atomic E-state index is 0. The van der Waals surface area contributed by atoms with Gasteiger partial charge < -0.3 is 5.73 Å². The van der Waals surface area contributed by atoms with Crippen LogP contribution in [0.15, 0.2) is 18.2 Å². The highest BCUT2D eigenvalue weighted by atomic mass is 35.5. The maximum atomic E-state index is 12.1. The maximum absolute atomic E-state index is 12.1. The molecule has 0 aliphatic carbocycles. The minimum Gasteiger partial charge on any atom is -0.324 e. The zero-order chi connectivity index (χ0) is 10.7. The number of aryl methyl sites for hydroxylation is 2. The van der Waals surface area contributed by atoms with E-state index in [2.05, 4.69) is 0 Å². The Bertz CT molecular complexity index is 295. The largest absolute Gasteiger partial charge is 0.324 e. The molecule has 86 valence electrons. The van der Waals surface area contributed by atoms with E-state index in [9.17, 15) is 8.78 Å². The molecule has 0 saturated heterocycles. The van der Waals surface area contributed by atoms with Crippen molar-refractivity contribution >= 4 is 12.4 Å². The zero-order valence-corrected chi connectivity index (χ0v) is 9.65. The molecule has 1 aromatic carbocycles. The summed E-state index contributed by atoms with van der Waals surface area (Å²) in [7, 11) is 0. The summed E-state index contributed by atoms with van der Waals surface area (Å²) in [5, 5.41) is 0. The molecule has 0 saturated carbocycles. The summed E-state index contributed by atoms with van der Waals surface area (Å²) in [5.74, 6) is 0. The Kier molecular flexibility index (Phi) is 5.76. The van der Waals surface area contributed by atoms with E-state index in [0.29, 0.717) is 0 Å². The van der Waals surface area contributed by atoms with Gasteiger partial charge >= 0.3 is 0 Å². The van der Waals surface area contributed by atoms with E-state index in [4.69, 9.17) is 5.73 Å². The van der Waals surface area contributed by atoms with Crippen LogP contribution in [0.3, 0.4) is 0 Å². The molecule has 4 heteroatoms. The van der Waals surface area contributed by atoms with E-state index < -0.39 is 12.5 Å². The van der Waals surface area contributed by atoms with E-state index in [-0.39, 0.29) is 18.8 Å². The number of benzene rings is 1. The predicted octanol–water partition coefficient (Wildman–Crippen LogP) is 3.38. The maximum Gasteiger partial charge on any atom is 0.240 e. The van der Waals surface area contributed by atoms with Crippen LogP contribution in [-0.4, -0.2) is 6.43 Å². The average Bonchev–Trinajstić information content (AvgIpc) is 2.00. The lowest BCUT2D eigenvalue weighted by atomic mass is 10.00. The van der Waals surface area contributed by atoms with Crippen molar-refractivity contribution in [2.45, 2.75) is 32.7 Å². The quantitative estimate of drug-likeness (QED) is 0.854. The first-order valence-corrected chi connectivity index (χ1v) is 4.61. The van der Waals surface area contributed by atoms with E-state index in [1.54, 1.807) is 0 Å². The van der Waals surface area contributed by atoms with Crippen molar-refractivity contribution in [1.82, 2.24) is 0 Å².